The van der Waals surface area contributed by atoms with Gasteiger partial charge in [-0.25, -0.2) is 0 Å². The largest absolute Gasteiger partial charge is 0.469 e. The van der Waals surface area contributed by atoms with Crippen molar-refractivity contribution in [2.75, 3.05) is 20.2 Å². The molecule has 0 aromatic heterocycles. The second-order valence-corrected chi connectivity index (χ2v) is 4.30. The molecule has 2 fully saturated rings. The number of nitrogens with one attached hydrogen (secondary N) is 1. The molecule has 74 valence electrons. The molecule has 2 rings (SSSR count). The average Bonchev–Trinajstić information content (AvgIpc) is 2.63. The molecular weight excluding hydrogens is 166 g/mol. The Labute approximate surface area is 78.8 Å². The van der Waals surface area contributed by atoms with Crippen molar-refractivity contribution < 1.29 is 9.53 Å². The lowest BCUT2D eigenvalue weighted by molar-refractivity contribution is -0.141. The first kappa shape index (κ1) is 9.00. The first-order valence-corrected chi connectivity index (χ1v) is 5.07. The van der Waals surface area contributed by atoms with Gasteiger partial charge < -0.3 is 10.1 Å². The molecule has 2 unspecified atom stereocenters. The summed E-state index contributed by atoms with van der Waals surface area (Å²) in [4.78, 5) is 11.0. The maximum atomic E-state index is 11.0. The second kappa shape index (κ2) is 3.66. The van der Waals surface area contributed by atoms with Gasteiger partial charge in [0.25, 0.3) is 0 Å². The van der Waals surface area contributed by atoms with Gasteiger partial charge >= 0.3 is 5.97 Å². The zero-order valence-electron chi connectivity index (χ0n) is 8.08. The predicted octanol–water partition coefficient (Wildman–Crippen LogP) is 0.795. The zero-order valence-corrected chi connectivity index (χ0v) is 8.08. The highest BCUT2D eigenvalue weighted by molar-refractivity contribution is 5.69. The van der Waals surface area contributed by atoms with Crippen LogP contribution >= 0.6 is 0 Å². The Morgan fingerprint density at radius 2 is 2.00 bits per heavy atom. The number of methoxy groups -OCH3 is 1. The summed E-state index contributed by atoms with van der Waals surface area (Å²) < 4.78 is 4.68. The summed E-state index contributed by atoms with van der Waals surface area (Å²) in [6.45, 7) is 2.31. The Bertz CT molecular complexity index is 193. The summed E-state index contributed by atoms with van der Waals surface area (Å²) >= 11 is 0. The number of hydrogen-bond donors (Lipinski definition) is 1. The van der Waals surface area contributed by atoms with Crippen LogP contribution in [-0.2, 0) is 9.53 Å². The fourth-order valence-electron chi connectivity index (χ4n) is 2.78. The van der Waals surface area contributed by atoms with E-state index in [1.165, 1.54) is 20.0 Å². The SMILES string of the molecule is COC(=O)CC1CC2CNCC2C1. The fraction of sp³-hybridized carbons (Fsp3) is 0.900. The van der Waals surface area contributed by atoms with Crippen molar-refractivity contribution in [3.8, 4) is 0 Å². The second-order valence-electron chi connectivity index (χ2n) is 4.30. The molecule has 2 aliphatic rings. The normalized spacial score (nSPS) is 37.5. The van der Waals surface area contributed by atoms with E-state index in [4.69, 9.17) is 0 Å². The van der Waals surface area contributed by atoms with Crippen LogP contribution in [0.4, 0.5) is 0 Å². The third-order valence-corrected chi connectivity index (χ3v) is 3.43. The standard InChI is InChI=1S/C10H17NO2/c1-13-10(12)4-7-2-8-5-11-6-9(8)3-7/h7-9,11H,2-6H2,1H3. The number of rotatable bonds is 2. The Hall–Kier alpha value is -0.570. The number of fused-ring (bicyclic) bond motifs is 1. The minimum Gasteiger partial charge on any atom is -0.469 e. The number of carbonyl (C=O) groups excluding carboxylic acids is 1. The van der Waals surface area contributed by atoms with E-state index in [0.29, 0.717) is 12.3 Å². The van der Waals surface area contributed by atoms with Gasteiger partial charge in [0.2, 0.25) is 0 Å². The molecule has 0 radical (unpaired) electrons. The molecule has 0 spiro atoms. The van der Waals surface area contributed by atoms with Gasteiger partial charge in [0.1, 0.15) is 0 Å². The van der Waals surface area contributed by atoms with Crippen LogP contribution in [0.3, 0.4) is 0 Å². The number of esters is 1. The van der Waals surface area contributed by atoms with Crippen molar-refractivity contribution in [1.29, 1.82) is 0 Å². The molecule has 13 heavy (non-hydrogen) atoms. The van der Waals surface area contributed by atoms with Gasteiger partial charge in [-0.2, -0.15) is 0 Å². The van der Waals surface area contributed by atoms with Crippen LogP contribution < -0.4 is 5.32 Å². The smallest absolute Gasteiger partial charge is 0.305 e. The van der Waals surface area contributed by atoms with Crippen molar-refractivity contribution >= 4 is 5.97 Å². The molecule has 0 amide bonds. The molecule has 1 aliphatic carbocycles. The molecule has 0 aromatic carbocycles. The van der Waals surface area contributed by atoms with E-state index in [1.807, 2.05) is 0 Å². The lowest BCUT2D eigenvalue weighted by atomic mass is 10.0. The van der Waals surface area contributed by atoms with Crippen LogP contribution in [0.1, 0.15) is 19.3 Å². The minimum atomic E-state index is -0.0436. The Morgan fingerprint density at radius 1 is 1.38 bits per heavy atom. The number of carbonyl (C=O) groups is 1. The van der Waals surface area contributed by atoms with E-state index >= 15 is 0 Å². The van der Waals surface area contributed by atoms with Crippen LogP contribution in [0.15, 0.2) is 0 Å². The summed E-state index contributed by atoms with van der Waals surface area (Å²) in [5, 5.41) is 3.40. The lowest BCUT2D eigenvalue weighted by Crippen LogP contribution is -2.14. The molecule has 2 atom stereocenters. The molecule has 1 N–H and O–H groups in total. The van der Waals surface area contributed by atoms with Crippen molar-refractivity contribution in [2.24, 2.45) is 17.8 Å². The summed E-state index contributed by atoms with van der Waals surface area (Å²) in [5.41, 5.74) is 0. The van der Waals surface area contributed by atoms with Crippen molar-refractivity contribution in [1.82, 2.24) is 5.32 Å². The van der Waals surface area contributed by atoms with E-state index < -0.39 is 0 Å². The Kier molecular flexibility index (Phi) is 2.54. The fourth-order valence-corrected chi connectivity index (χ4v) is 2.78. The average molecular weight is 183 g/mol. The van der Waals surface area contributed by atoms with Gasteiger partial charge in [0.15, 0.2) is 0 Å². The summed E-state index contributed by atoms with van der Waals surface area (Å²) in [6.07, 6.45) is 3.06. The number of ether oxygens (including phenoxy) is 1. The van der Waals surface area contributed by atoms with Crippen molar-refractivity contribution in [2.45, 2.75) is 19.3 Å². The quantitative estimate of drug-likeness (QED) is 0.643. The molecule has 3 nitrogen and oxygen atoms in total. The predicted molar refractivity (Wildman–Crippen MR) is 49.2 cm³/mol. The third-order valence-electron chi connectivity index (χ3n) is 3.43. The highest BCUT2D eigenvalue weighted by Crippen LogP contribution is 2.39. The van der Waals surface area contributed by atoms with Crippen LogP contribution in [0.2, 0.25) is 0 Å². The van der Waals surface area contributed by atoms with Crippen molar-refractivity contribution in [3.05, 3.63) is 0 Å². The summed E-state index contributed by atoms with van der Waals surface area (Å²) in [6, 6.07) is 0. The van der Waals surface area contributed by atoms with Gasteiger partial charge in [-0.1, -0.05) is 0 Å². The van der Waals surface area contributed by atoms with Crippen LogP contribution in [0.25, 0.3) is 0 Å². The topological polar surface area (TPSA) is 38.3 Å². The van der Waals surface area contributed by atoms with E-state index in [-0.39, 0.29) is 5.97 Å². The van der Waals surface area contributed by atoms with Crippen LogP contribution in [-0.4, -0.2) is 26.2 Å². The van der Waals surface area contributed by atoms with Gasteiger partial charge in [-0.3, -0.25) is 4.79 Å². The molecule has 1 saturated heterocycles. The van der Waals surface area contributed by atoms with E-state index in [1.54, 1.807) is 0 Å². The molecule has 1 aliphatic heterocycles. The van der Waals surface area contributed by atoms with Gasteiger partial charge in [-0.15, -0.1) is 0 Å². The minimum absolute atomic E-state index is 0.0436. The molecule has 1 saturated carbocycles. The monoisotopic (exact) mass is 183 g/mol. The third kappa shape index (κ3) is 1.85. The maximum Gasteiger partial charge on any atom is 0.305 e. The molecule has 1 heterocycles. The van der Waals surface area contributed by atoms with Gasteiger partial charge in [-0.05, 0) is 43.7 Å². The summed E-state index contributed by atoms with van der Waals surface area (Å²) in [7, 11) is 1.47. The van der Waals surface area contributed by atoms with Crippen LogP contribution in [0, 0.1) is 17.8 Å². The maximum absolute atomic E-state index is 11.0. The van der Waals surface area contributed by atoms with Gasteiger partial charge in [0, 0.05) is 6.42 Å². The highest BCUT2D eigenvalue weighted by Gasteiger charge is 2.37. The van der Waals surface area contributed by atoms with E-state index in [0.717, 1.165) is 24.9 Å². The Balaban J connectivity index is 1.82. The van der Waals surface area contributed by atoms with Crippen molar-refractivity contribution in [3.63, 3.8) is 0 Å². The highest BCUT2D eigenvalue weighted by atomic mass is 16.5. The molecule has 0 bridgehead atoms. The Morgan fingerprint density at radius 3 is 2.54 bits per heavy atom. The van der Waals surface area contributed by atoms with E-state index in [2.05, 4.69) is 10.1 Å². The first-order valence-electron chi connectivity index (χ1n) is 5.07. The van der Waals surface area contributed by atoms with Crippen LogP contribution in [0.5, 0.6) is 0 Å². The number of hydrogen-bond acceptors (Lipinski definition) is 3. The summed E-state index contributed by atoms with van der Waals surface area (Å²) in [5.74, 6) is 2.20. The molecular formula is C10H17NO2. The zero-order chi connectivity index (χ0) is 9.26. The molecule has 0 aromatic rings. The van der Waals surface area contributed by atoms with E-state index in [9.17, 15) is 4.79 Å². The van der Waals surface area contributed by atoms with Gasteiger partial charge in [0.05, 0.1) is 7.11 Å². The lowest BCUT2D eigenvalue weighted by Gasteiger charge is -2.08. The molecule has 3 heteroatoms. The first-order chi connectivity index (χ1) is 6.29.